The van der Waals surface area contributed by atoms with Crippen molar-refractivity contribution in [1.29, 1.82) is 0 Å². The molecule has 0 aliphatic heterocycles. The number of nitrogens with zero attached hydrogens (tertiary/aromatic N) is 1. The van der Waals surface area contributed by atoms with E-state index in [4.69, 9.17) is 5.73 Å². The van der Waals surface area contributed by atoms with E-state index in [1.54, 1.807) is 11.9 Å². The SMILES string of the molecule is CCCCCN(C)c1ccc(C(N)=S)c(F)c1F. The minimum atomic E-state index is -0.970. The number of unbranched alkanes of at least 4 members (excludes halogenated alkanes) is 2. The molecule has 0 saturated carbocycles. The van der Waals surface area contributed by atoms with Gasteiger partial charge in [-0.1, -0.05) is 32.0 Å². The Morgan fingerprint density at radius 3 is 2.50 bits per heavy atom. The van der Waals surface area contributed by atoms with Gasteiger partial charge in [0.15, 0.2) is 11.6 Å². The Labute approximate surface area is 112 Å². The molecule has 0 fully saturated rings. The van der Waals surface area contributed by atoms with Gasteiger partial charge in [-0.3, -0.25) is 0 Å². The molecule has 0 aromatic heterocycles. The predicted molar refractivity (Wildman–Crippen MR) is 75.0 cm³/mol. The van der Waals surface area contributed by atoms with Crippen LogP contribution in [-0.4, -0.2) is 18.6 Å². The molecule has 2 nitrogen and oxygen atoms in total. The fraction of sp³-hybridized carbons (Fsp3) is 0.462. The standard InChI is InChI=1S/C13H18F2N2S/c1-3-4-5-8-17(2)10-7-6-9(13(16)18)11(14)12(10)15/h6-7H,3-5,8H2,1-2H3,(H2,16,18). The number of hydrogen-bond acceptors (Lipinski definition) is 2. The van der Waals surface area contributed by atoms with Gasteiger partial charge in [-0.2, -0.15) is 0 Å². The van der Waals surface area contributed by atoms with Crippen LogP contribution < -0.4 is 10.6 Å². The average Bonchev–Trinajstić information content (AvgIpc) is 2.32. The molecule has 0 saturated heterocycles. The highest BCUT2D eigenvalue weighted by Gasteiger charge is 2.17. The lowest BCUT2D eigenvalue weighted by Gasteiger charge is -2.20. The Morgan fingerprint density at radius 1 is 1.28 bits per heavy atom. The van der Waals surface area contributed by atoms with E-state index in [-0.39, 0.29) is 16.2 Å². The summed E-state index contributed by atoms with van der Waals surface area (Å²) in [5.74, 6) is -1.86. The first-order valence-electron chi connectivity index (χ1n) is 5.98. The van der Waals surface area contributed by atoms with Gasteiger partial charge in [0.05, 0.1) is 5.69 Å². The van der Waals surface area contributed by atoms with E-state index in [0.717, 1.165) is 19.3 Å². The van der Waals surface area contributed by atoms with Crippen molar-refractivity contribution in [2.24, 2.45) is 5.73 Å². The molecular weight excluding hydrogens is 254 g/mol. The van der Waals surface area contributed by atoms with E-state index in [0.29, 0.717) is 6.54 Å². The zero-order chi connectivity index (χ0) is 13.7. The van der Waals surface area contributed by atoms with Gasteiger partial charge in [0.1, 0.15) is 4.99 Å². The number of nitrogens with two attached hydrogens (primary N) is 1. The Balaban J connectivity index is 2.90. The molecular formula is C13H18F2N2S. The number of thiocarbonyl (C=S) groups is 1. The minimum Gasteiger partial charge on any atom is -0.389 e. The van der Waals surface area contributed by atoms with Crippen LogP contribution in [0.5, 0.6) is 0 Å². The number of benzene rings is 1. The van der Waals surface area contributed by atoms with Crippen molar-refractivity contribution in [3.05, 3.63) is 29.3 Å². The molecule has 0 radical (unpaired) electrons. The number of hydrogen-bond donors (Lipinski definition) is 1. The zero-order valence-corrected chi connectivity index (χ0v) is 11.5. The summed E-state index contributed by atoms with van der Waals surface area (Å²) in [5, 5.41) is 0. The molecule has 0 aliphatic carbocycles. The van der Waals surface area contributed by atoms with Gasteiger partial charge in [0.25, 0.3) is 0 Å². The fourth-order valence-corrected chi connectivity index (χ4v) is 1.90. The maximum atomic E-state index is 13.9. The quantitative estimate of drug-likeness (QED) is 0.637. The molecule has 5 heteroatoms. The molecule has 100 valence electrons. The topological polar surface area (TPSA) is 29.3 Å². The molecule has 1 rings (SSSR count). The van der Waals surface area contributed by atoms with E-state index in [1.807, 2.05) is 0 Å². The zero-order valence-electron chi connectivity index (χ0n) is 10.7. The van der Waals surface area contributed by atoms with Crippen molar-refractivity contribution in [2.45, 2.75) is 26.2 Å². The van der Waals surface area contributed by atoms with E-state index >= 15 is 0 Å². The first-order valence-corrected chi connectivity index (χ1v) is 6.38. The van der Waals surface area contributed by atoms with E-state index in [2.05, 4.69) is 19.1 Å². The average molecular weight is 272 g/mol. The van der Waals surface area contributed by atoms with Crippen molar-refractivity contribution in [2.75, 3.05) is 18.5 Å². The van der Waals surface area contributed by atoms with Crippen molar-refractivity contribution >= 4 is 22.9 Å². The first-order chi connectivity index (χ1) is 8.49. The molecule has 0 heterocycles. The summed E-state index contributed by atoms with van der Waals surface area (Å²) in [5.41, 5.74) is 5.51. The molecule has 18 heavy (non-hydrogen) atoms. The molecule has 1 aromatic rings. The second-order valence-corrected chi connectivity index (χ2v) is 4.69. The molecule has 0 aliphatic rings. The van der Waals surface area contributed by atoms with Gasteiger partial charge in [-0.05, 0) is 18.6 Å². The third-order valence-corrected chi connectivity index (χ3v) is 3.06. The van der Waals surface area contributed by atoms with E-state index in [9.17, 15) is 8.78 Å². The Bertz CT molecular complexity index is 435. The van der Waals surface area contributed by atoms with E-state index < -0.39 is 11.6 Å². The molecule has 2 N–H and O–H groups in total. The van der Waals surface area contributed by atoms with Gasteiger partial charge in [0.2, 0.25) is 0 Å². The van der Waals surface area contributed by atoms with Crippen LogP contribution in [0.4, 0.5) is 14.5 Å². The van der Waals surface area contributed by atoms with Crippen LogP contribution in [0.25, 0.3) is 0 Å². The van der Waals surface area contributed by atoms with Crippen LogP contribution in [0.15, 0.2) is 12.1 Å². The molecule has 0 unspecified atom stereocenters. The predicted octanol–water partition coefficient (Wildman–Crippen LogP) is 3.23. The monoisotopic (exact) mass is 272 g/mol. The Hall–Kier alpha value is -1.23. The summed E-state index contributed by atoms with van der Waals surface area (Å²) in [6.07, 6.45) is 3.11. The number of rotatable bonds is 6. The summed E-state index contributed by atoms with van der Waals surface area (Å²) in [6, 6.07) is 2.94. The van der Waals surface area contributed by atoms with Crippen LogP contribution in [0.2, 0.25) is 0 Å². The van der Waals surface area contributed by atoms with Crippen LogP contribution in [0.1, 0.15) is 31.7 Å². The summed E-state index contributed by atoms with van der Waals surface area (Å²) >= 11 is 4.66. The maximum Gasteiger partial charge on any atom is 0.182 e. The number of halogens is 2. The highest BCUT2D eigenvalue weighted by molar-refractivity contribution is 7.80. The lowest BCUT2D eigenvalue weighted by Crippen LogP contribution is -2.21. The second kappa shape index (κ2) is 6.64. The van der Waals surface area contributed by atoms with Gasteiger partial charge in [0, 0.05) is 19.2 Å². The van der Waals surface area contributed by atoms with Gasteiger partial charge in [-0.25, -0.2) is 8.78 Å². The highest BCUT2D eigenvalue weighted by atomic mass is 32.1. The van der Waals surface area contributed by atoms with Crippen molar-refractivity contribution < 1.29 is 8.78 Å². The largest absolute Gasteiger partial charge is 0.389 e. The normalized spacial score (nSPS) is 10.4. The second-order valence-electron chi connectivity index (χ2n) is 4.25. The van der Waals surface area contributed by atoms with Crippen molar-refractivity contribution in [3.63, 3.8) is 0 Å². The lowest BCUT2D eigenvalue weighted by molar-refractivity contribution is 0.505. The summed E-state index contributed by atoms with van der Waals surface area (Å²) < 4.78 is 27.5. The molecule has 0 atom stereocenters. The third-order valence-electron chi connectivity index (χ3n) is 2.84. The smallest absolute Gasteiger partial charge is 0.182 e. The van der Waals surface area contributed by atoms with Gasteiger partial charge < -0.3 is 10.6 Å². The molecule has 0 amide bonds. The minimum absolute atomic E-state index is 0.0480. The highest BCUT2D eigenvalue weighted by Crippen LogP contribution is 2.23. The van der Waals surface area contributed by atoms with E-state index in [1.165, 1.54) is 12.1 Å². The molecule has 0 bridgehead atoms. The van der Waals surface area contributed by atoms with Crippen LogP contribution in [0, 0.1) is 11.6 Å². The summed E-state index contributed by atoms with van der Waals surface area (Å²) in [7, 11) is 1.74. The first kappa shape index (κ1) is 14.8. The lowest BCUT2D eigenvalue weighted by atomic mass is 10.1. The summed E-state index contributed by atoms with van der Waals surface area (Å²) in [4.78, 5) is 1.57. The Morgan fingerprint density at radius 2 is 1.94 bits per heavy atom. The fourth-order valence-electron chi connectivity index (χ4n) is 1.74. The Kier molecular flexibility index (Phi) is 5.47. The third kappa shape index (κ3) is 3.38. The van der Waals surface area contributed by atoms with Crippen LogP contribution in [-0.2, 0) is 0 Å². The van der Waals surface area contributed by atoms with Crippen LogP contribution >= 0.6 is 12.2 Å². The number of anilines is 1. The molecule has 0 spiro atoms. The van der Waals surface area contributed by atoms with Crippen molar-refractivity contribution in [1.82, 2.24) is 0 Å². The van der Waals surface area contributed by atoms with Crippen molar-refractivity contribution in [3.8, 4) is 0 Å². The summed E-state index contributed by atoms with van der Waals surface area (Å²) in [6.45, 7) is 2.79. The maximum absolute atomic E-state index is 13.9. The van der Waals surface area contributed by atoms with Gasteiger partial charge >= 0.3 is 0 Å². The van der Waals surface area contributed by atoms with Gasteiger partial charge in [-0.15, -0.1) is 0 Å². The van der Waals surface area contributed by atoms with Crippen LogP contribution in [0.3, 0.4) is 0 Å². The molecule has 1 aromatic carbocycles.